The molecule has 1 N–H and O–H groups in total. The van der Waals surface area contributed by atoms with Crippen LogP contribution in [0.4, 0.5) is 4.79 Å². The van der Waals surface area contributed by atoms with Crippen LogP contribution >= 0.6 is 0 Å². The van der Waals surface area contributed by atoms with Gasteiger partial charge in [0.2, 0.25) is 0 Å². The average Bonchev–Trinajstić information content (AvgIpc) is 2.63. The summed E-state index contributed by atoms with van der Waals surface area (Å²) in [6.45, 7) is 5.80. The summed E-state index contributed by atoms with van der Waals surface area (Å²) in [5.41, 5.74) is 0. The van der Waals surface area contributed by atoms with Crippen molar-refractivity contribution in [3.8, 4) is 0 Å². The smallest absolute Gasteiger partial charge is 0.408 e. The zero-order valence-electron chi connectivity index (χ0n) is 9.96. The third-order valence-electron chi connectivity index (χ3n) is 2.91. The van der Waals surface area contributed by atoms with Crippen molar-refractivity contribution in [2.75, 3.05) is 20.3 Å². The summed E-state index contributed by atoms with van der Waals surface area (Å²) in [6.07, 6.45) is 0.133. The summed E-state index contributed by atoms with van der Waals surface area (Å²) < 4.78 is 10.1. The summed E-state index contributed by atoms with van der Waals surface area (Å²) in [6, 6.07) is -0.799. The summed E-state index contributed by atoms with van der Waals surface area (Å²) in [5, 5.41) is 9.03. The number of methoxy groups -OCH3 is 1. The molecule has 17 heavy (non-hydrogen) atoms. The summed E-state index contributed by atoms with van der Waals surface area (Å²) in [5.74, 6) is -0.789. The van der Waals surface area contributed by atoms with Crippen LogP contribution in [0.1, 0.15) is 6.92 Å². The predicted octanol–water partition coefficient (Wildman–Crippen LogP) is 0.729. The van der Waals surface area contributed by atoms with Gasteiger partial charge in [-0.05, 0) is 0 Å². The first kappa shape index (κ1) is 13.5. The van der Waals surface area contributed by atoms with E-state index in [1.807, 2.05) is 0 Å². The van der Waals surface area contributed by atoms with E-state index in [0.29, 0.717) is 6.61 Å². The molecular formula is C11H17NO5. The van der Waals surface area contributed by atoms with E-state index in [-0.39, 0.29) is 18.6 Å². The van der Waals surface area contributed by atoms with E-state index < -0.39 is 18.1 Å². The highest BCUT2D eigenvalue weighted by Gasteiger charge is 2.46. The number of rotatable bonds is 4. The second kappa shape index (κ2) is 5.67. The molecule has 0 radical (unpaired) electrons. The lowest BCUT2D eigenvalue weighted by molar-refractivity contribution is -0.146. The Bertz CT molecular complexity index is 317. The highest BCUT2D eigenvalue weighted by Crippen LogP contribution is 2.27. The molecule has 0 bridgehead atoms. The molecule has 0 aromatic heterocycles. The number of nitrogens with zero attached hydrogens (tertiary/aromatic N) is 1. The summed E-state index contributed by atoms with van der Waals surface area (Å²) in [4.78, 5) is 23.7. The second-order valence-electron chi connectivity index (χ2n) is 3.92. The number of hydrogen-bond acceptors (Lipinski definition) is 4. The predicted molar refractivity (Wildman–Crippen MR) is 59.6 cm³/mol. The van der Waals surface area contributed by atoms with Gasteiger partial charge in [0.15, 0.2) is 0 Å². The van der Waals surface area contributed by atoms with Crippen molar-refractivity contribution in [2.45, 2.75) is 19.1 Å². The molecule has 0 aliphatic carbocycles. The van der Waals surface area contributed by atoms with Gasteiger partial charge < -0.3 is 14.6 Å². The van der Waals surface area contributed by atoms with Gasteiger partial charge in [0.1, 0.15) is 6.04 Å². The van der Waals surface area contributed by atoms with Crippen LogP contribution in [0.2, 0.25) is 0 Å². The Morgan fingerprint density at radius 2 is 2.24 bits per heavy atom. The van der Waals surface area contributed by atoms with E-state index in [1.165, 1.54) is 7.11 Å². The molecule has 1 heterocycles. The number of carbonyl (C=O) groups excluding carboxylic acids is 1. The number of esters is 1. The molecule has 1 rings (SSSR count). The van der Waals surface area contributed by atoms with Crippen LogP contribution in [0.25, 0.3) is 0 Å². The lowest BCUT2D eigenvalue weighted by Gasteiger charge is -2.21. The molecule has 3 unspecified atom stereocenters. The van der Waals surface area contributed by atoms with Crippen LogP contribution in [0.15, 0.2) is 12.7 Å². The third kappa shape index (κ3) is 2.76. The monoisotopic (exact) mass is 243 g/mol. The second-order valence-corrected chi connectivity index (χ2v) is 3.92. The molecule has 0 spiro atoms. The number of hydrogen-bond donors (Lipinski definition) is 1. The minimum atomic E-state index is -1.14. The topological polar surface area (TPSA) is 76.1 Å². The fourth-order valence-corrected chi connectivity index (χ4v) is 2.02. The molecular weight excluding hydrogens is 226 g/mol. The van der Waals surface area contributed by atoms with Gasteiger partial charge >= 0.3 is 12.1 Å². The fraction of sp³-hybridized carbons (Fsp3) is 0.636. The molecule has 96 valence electrons. The normalized spacial score (nSPS) is 27.9. The van der Waals surface area contributed by atoms with Gasteiger partial charge in [-0.3, -0.25) is 4.90 Å². The molecule has 1 amide bonds. The van der Waals surface area contributed by atoms with E-state index in [1.54, 1.807) is 13.0 Å². The Hall–Kier alpha value is -1.56. The fourth-order valence-electron chi connectivity index (χ4n) is 2.02. The maximum atomic E-state index is 11.6. The first-order valence-corrected chi connectivity index (χ1v) is 5.32. The Labute approximate surface area is 99.8 Å². The van der Waals surface area contributed by atoms with Gasteiger partial charge in [0.25, 0.3) is 0 Å². The number of likely N-dealkylation sites (tertiary alicyclic amines) is 1. The first-order chi connectivity index (χ1) is 8.02. The Kier molecular flexibility index (Phi) is 4.51. The Morgan fingerprint density at radius 1 is 1.59 bits per heavy atom. The van der Waals surface area contributed by atoms with Gasteiger partial charge in [-0.25, -0.2) is 9.59 Å². The molecule has 1 saturated heterocycles. The largest absolute Gasteiger partial charge is 0.467 e. The van der Waals surface area contributed by atoms with Gasteiger partial charge in [-0.15, -0.1) is 6.58 Å². The van der Waals surface area contributed by atoms with Gasteiger partial charge in [-0.2, -0.15) is 0 Å². The molecule has 0 aromatic carbocycles. The maximum absolute atomic E-state index is 11.6. The molecule has 1 fully saturated rings. The van der Waals surface area contributed by atoms with Gasteiger partial charge in [-0.1, -0.05) is 13.0 Å². The molecule has 3 atom stereocenters. The lowest BCUT2D eigenvalue weighted by atomic mass is 10.0. The quantitative estimate of drug-likeness (QED) is 0.582. The van der Waals surface area contributed by atoms with Crippen molar-refractivity contribution in [3.63, 3.8) is 0 Å². The molecule has 6 heteroatoms. The average molecular weight is 243 g/mol. The van der Waals surface area contributed by atoms with E-state index in [9.17, 15) is 9.59 Å². The Morgan fingerprint density at radius 3 is 2.71 bits per heavy atom. The summed E-state index contributed by atoms with van der Waals surface area (Å²) >= 11 is 0. The Balaban J connectivity index is 2.81. The minimum Gasteiger partial charge on any atom is -0.467 e. The van der Waals surface area contributed by atoms with Crippen LogP contribution in [-0.2, 0) is 14.3 Å². The maximum Gasteiger partial charge on any atom is 0.408 e. The van der Waals surface area contributed by atoms with Crippen molar-refractivity contribution < 1.29 is 24.2 Å². The van der Waals surface area contributed by atoms with Crippen LogP contribution in [0.3, 0.4) is 0 Å². The van der Waals surface area contributed by atoms with Crippen LogP contribution in [-0.4, -0.2) is 54.5 Å². The highest BCUT2D eigenvalue weighted by molar-refractivity contribution is 5.82. The number of carboxylic acid groups (broad SMARTS) is 1. The standard InChI is InChI=1S/C11H17NO5/c1-4-5-17-8-6-12(11(14)15)9(7(8)2)10(13)16-3/h4,7-9H,1,5-6H2,2-3H3,(H,14,15). The van der Waals surface area contributed by atoms with E-state index >= 15 is 0 Å². The number of carbonyl (C=O) groups is 2. The van der Waals surface area contributed by atoms with Crippen molar-refractivity contribution in [1.29, 1.82) is 0 Å². The number of amides is 1. The molecule has 0 aromatic rings. The zero-order valence-corrected chi connectivity index (χ0v) is 9.96. The molecule has 1 aliphatic rings. The van der Waals surface area contributed by atoms with Crippen molar-refractivity contribution in [3.05, 3.63) is 12.7 Å². The van der Waals surface area contributed by atoms with Gasteiger partial charge in [0.05, 0.1) is 26.4 Å². The third-order valence-corrected chi connectivity index (χ3v) is 2.91. The first-order valence-electron chi connectivity index (χ1n) is 5.32. The highest BCUT2D eigenvalue weighted by atomic mass is 16.5. The molecule has 1 aliphatic heterocycles. The van der Waals surface area contributed by atoms with Crippen LogP contribution in [0.5, 0.6) is 0 Å². The minimum absolute atomic E-state index is 0.171. The van der Waals surface area contributed by atoms with Crippen molar-refractivity contribution >= 4 is 12.1 Å². The van der Waals surface area contributed by atoms with Crippen molar-refractivity contribution in [1.82, 2.24) is 4.90 Å². The summed E-state index contributed by atoms with van der Waals surface area (Å²) in [7, 11) is 1.24. The SMILES string of the molecule is C=CCOC1CN(C(=O)O)C(C(=O)OC)C1C. The zero-order chi connectivity index (χ0) is 13.0. The number of ether oxygens (including phenoxy) is 2. The molecule has 6 nitrogen and oxygen atoms in total. The lowest BCUT2D eigenvalue weighted by Crippen LogP contribution is -2.42. The van der Waals surface area contributed by atoms with E-state index in [2.05, 4.69) is 11.3 Å². The van der Waals surface area contributed by atoms with E-state index in [0.717, 1.165) is 4.90 Å². The van der Waals surface area contributed by atoms with E-state index in [4.69, 9.17) is 9.84 Å². The van der Waals surface area contributed by atoms with Crippen molar-refractivity contribution in [2.24, 2.45) is 5.92 Å². The van der Waals surface area contributed by atoms with Crippen LogP contribution in [0, 0.1) is 5.92 Å². The molecule has 0 saturated carbocycles. The van der Waals surface area contributed by atoms with Gasteiger partial charge in [0, 0.05) is 5.92 Å². The van der Waals surface area contributed by atoms with Crippen LogP contribution < -0.4 is 0 Å².